The first-order valence-corrected chi connectivity index (χ1v) is 10.2. The molecule has 0 aliphatic carbocycles. The molecule has 8 heteroatoms. The number of nitrogens with one attached hydrogen (secondary N) is 2. The highest BCUT2D eigenvalue weighted by molar-refractivity contribution is 5.68. The van der Waals surface area contributed by atoms with Crippen molar-refractivity contribution in [3.05, 3.63) is 12.4 Å². The summed E-state index contributed by atoms with van der Waals surface area (Å²) in [7, 11) is 0. The number of carbonyl (C=O) groups is 1. The van der Waals surface area contributed by atoms with Gasteiger partial charge in [0.25, 0.3) is 0 Å². The van der Waals surface area contributed by atoms with Gasteiger partial charge in [0.05, 0.1) is 24.5 Å². The Morgan fingerprint density at radius 3 is 2.57 bits per heavy atom. The summed E-state index contributed by atoms with van der Waals surface area (Å²) in [5, 5.41) is 6.30. The Morgan fingerprint density at radius 2 is 1.93 bits per heavy atom. The summed E-state index contributed by atoms with van der Waals surface area (Å²) in [6.07, 6.45) is 6.39. The number of piperidine rings is 1. The second-order valence-corrected chi connectivity index (χ2v) is 8.71. The van der Waals surface area contributed by atoms with Crippen molar-refractivity contribution < 1.29 is 14.3 Å². The lowest BCUT2D eigenvalue weighted by Crippen LogP contribution is -2.40. The lowest BCUT2D eigenvalue weighted by molar-refractivity contribution is 0.0509. The van der Waals surface area contributed by atoms with E-state index in [0.29, 0.717) is 24.2 Å². The monoisotopic (exact) mass is 391 g/mol. The largest absolute Gasteiger partial charge is 0.487 e. The minimum absolute atomic E-state index is 0.0364. The second-order valence-electron chi connectivity index (χ2n) is 8.71. The van der Waals surface area contributed by atoms with Gasteiger partial charge < -0.3 is 25.0 Å². The molecule has 2 aliphatic rings. The Hall–Kier alpha value is -2.09. The summed E-state index contributed by atoms with van der Waals surface area (Å²) in [5.41, 5.74) is -0.493. The van der Waals surface area contributed by atoms with E-state index >= 15 is 0 Å². The predicted molar refractivity (Wildman–Crippen MR) is 108 cm³/mol. The third kappa shape index (κ3) is 5.95. The minimum atomic E-state index is -0.493. The van der Waals surface area contributed by atoms with Crippen molar-refractivity contribution in [1.82, 2.24) is 20.6 Å². The van der Waals surface area contributed by atoms with Gasteiger partial charge in [0, 0.05) is 13.1 Å². The molecule has 1 aromatic heterocycles. The molecule has 0 radical (unpaired) electrons. The van der Waals surface area contributed by atoms with E-state index in [9.17, 15) is 4.79 Å². The maximum atomic E-state index is 11.9. The van der Waals surface area contributed by atoms with Crippen LogP contribution in [0.4, 0.5) is 10.7 Å². The van der Waals surface area contributed by atoms with Gasteiger partial charge in [-0.25, -0.2) is 14.8 Å². The lowest BCUT2D eigenvalue weighted by Gasteiger charge is -2.28. The highest BCUT2D eigenvalue weighted by atomic mass is 16.6. The van der Waals surface area contributed by atoms with Crippen molar-refractivity contribution in [3.63, 3.8) is 0 Å². The molecular weight excluding hydrogens is 358 g/mol. The number of hydrogen-bond acceptors (Lipinski definition) is 7. The van der Waals surface area contributed by atoms with E-state index in [0.717, 1.165) is 38.9 Å². The molecule has 2 atom stereocenters. The van der Waals surface area contributed by atoms with Gasteiger partial charge in [-0.2, -0.15) is 0 Å². The van der Waals surface area contributed by atoms with Crippen LogP contribution in [0.2, 0.25) is 0 Å². The molecule has 0 saturated carbocycles. The van der Waals surface area contributed by atoms with Crippen LogP contribution >= 0.6 is 0 Å². The normalized spacial score (nSPS) is 22.0. The van der Waals surface area contributed by atoms with Gasteiger partial charge in [0.2, 0.25) is 5.95 Å². The number of carbonyl (C=O) groups excluding carboxylic acids is 1. The maximum Gasteiger partial charge on any atom is 0.407 e. The highest BCUT2D eigenvalue weighted by Crippen LogP contribution is 2.23. The smallest absolute Gasteiger partial charge is 0.407 e. The van der Waals surface area contributed by atoms with Crippen LogP contribution in [0.5, 0.6) is 5.75 Å². The van der Waals surface area contributed by atoms with Crippen LogP contribution < -0.4 is 20.3 Å². The van der Waals surface area contributed by atoms with Gasteiger partial charge in [-0.15, -0.1) is 0 Å². The summed E-state index contributed by atoms with van der Waals surface area (Å²) in [4.78, 5) is 22.9. The van der Waals surface area contributed by atoms with Crippen molar-refractivity contribution in [1.29, 1.82) is 0 Å². The fourth-order valence-corrected chi connectivity index (χ4v) is 3.69. The summed E-state index contributed by atoms with van der Waals surface area (Å²) in [6, 6.07) is 0.0364. The highest BCUT2D eigenvalue weighted by Gasteiger charge is 2.28. The molecule has 0 aromatic carbocycles. The number of anilines is 1. The van der Waals surface area contributed by atoms with E-state index < -0.39 is 5.60 Å². The fraction of sp³-hybridized carbons (Fsp3) is 0.750. The fourth-order valence-electron chi connectivity index (χ4n) is 3.69. The molecule has 3 heterocycles. The average molecular weight is 392 g/mol. The van der Waals surface area contributed by atoms with Gasteiger partial charge in [0.15, 0.2) is 5.75 Å². The zero-order valence-corrected chi connectivity index (χ0v) is 17.4. The van der Waals surface area contributed by atoms with Crippen LogP contribution in [0.15, 0.2) is 12.4 Å². The number of amides is 1. The molecule has 0 bridgehead atoms. The number of nitrogens with zero attached hydrogens (tertiary/aromatic N) is 3. The van der Waals surface area contributed by atoms with Crippen LogP contribution in [0, 0.1) is 5.92 Å². The van der Waals surface area contributed by atoms with E-state index in [2.05, 4.69) is 32.4 Å². The standard InChI is InChI=1S/C20H33N5O3/c1-14(15-5-8-21-9-6-15)27-17-11-22-18(23-12-17)25-10-7-16(13-25)24-19(26)28-20(2,3)4/h11-12,14-16,21H,5-10,13H2,1-4H3,(H,24,26)/t14-,16+/m0/s1. The first-order chi connectivity index (χ1) is 13.3. The van der Waals surface area contributed by atoms with Gasteiger partial charge in [-0.1, -0.05) is 0 Å². The van der Waals surface area contributed by atoms with Gasteiger partial charge in [0.1, 0.15) is 5.60 Å². The zero-order chi connectivity index (χ0) is 20.1. The van der Waals surface area contributed by atoms with Crippen LogP contribution in [-0.2, 0) is 4.74 Å². The summed E-state index contributed by atoms with van der Waals surface area (Å²) in [5.74, 6) is 1.94. The van der Waals surface area contributed by atoms with E-state index in [-0.39, 0.29) is 18.2 Å². The summed E-state index contributed by atoms with van der Waals surface area (Å²) < 4.78 is 11.4. The van der Waals surface area contributed by atoms with Gasteiger partial charge in [-0.05, 0) is 66.0 Å². The van der Waals surface area contributed by atoms with E-state index in [1.165, 1.54) is 0 Å². The molecule has 0 unspecified atom stereocenters. The van der Waals surface area contributed by atoms with Gasteiger partial charge in [-0.3, -0.25) is 0 Å². The molecule has 0 spiro atoms. The lowest BCUT2D eigenvalue weighted by atomic mass is 9.93. The van der Waals surface area contributed by atoms with E-state index in [1.807, 2.05) is 20.8 Å². The molecule has 2 aliphatic heterocycles. The molecule has 156 valence electrons. The molecule has 2 saturated heterocycles. The van der Waals surface area contributed by atoms with Crippen LogP contribution in [-0.4, -0.2) is 60.0 Å². The second kappa shape index (κ2) is 8.94. The van der Waals surface area contributed by atoms with E-state index in [4.69, 9.17) is 9.47 Å². The van der Waals surface area contributed by atoms with Crippen molar-refractivity contribution in [3.8, 4) is 5.75 Å². The molecule has 8 nitrogen and oxygen atoms in total. The molecule has 2 fully saturated rings. The Labute approximate surface area is 167 Å². The Kier molecular flexibility index (Phi) is 6.59. The van der Waals surface area contributed by atoms with Crippen molar-refractivity contribution >= 4 is 12.0 Å². The number of alkyl carbamates (subject to hydrolysis) is 1. The molecular formula is C20H33N5O3. The molecule has 2 N–H and O–H groups in total. The quantitative estimate of drug-likeness (QED) is 0.796. The third-order valence-electron chi connectivity index (χ3n) is 5.18. The topological polar surface area (TPSA) is 88.6 Å². The Balaban J connectivity index is 1.48. The molecule has 1 amide bonds. The minimum Gasteiger partial charge on any atom is -0.487 e. The van der Waals surface area contributed by atoms with Crippen LogP contribution in [0.1, 0.15) is 47.0 Å². The van der Waals surface area contributed by atoms with Gasteiger partial charge >= 0.3 is 6.09 Å². The summed E-state index contributed by atoms with van der Waals surface area (Å²) in [6.45, 7) is 11.3. The van der Waals surface area contributed by atoms with E-state index in [1.54, 1.807) is 12.4 Å². The average Bonchev–Trinajstić information content (AvgIpc) is 3.09. The Bertz CT molecular complexity index is 640. The predicted octanol–water partition coefficient (Wildman–Crippen LogP) is 2.35. The first kappa shape index (κ1) is 20.6. The zero-order valence-electron chi connectivity index (χ0n) is 17.4. The molecule has 3 rings (SSSR count). The number of hydrogen-bond donors (Lipinski definition) is 2. The SMILES string of the molecule is C[C@H](Oc1cnc(N2CC[C@@H](NC(=O)OC(C)(C)C)C2)nc1)C1CCNCC1. The third-order valence-corrected chi connectivity index (χ3v) is 5.18. The molecule has 1 aromatic rings. The van der Waals surface area contributed by atoms with Crippen LogP contribution in [0.3, 0.4) is 0 Å². The van der Waals surface area contributed by atoms with Crippen molar-refractivity contribution in [2.45, 2.75) is 64.7 Å². The number of rotatable bonds is 5. The number of ether oxygens (including phenoxy) is 2. The maximum absolute atomic E-state index is 11.9. The Morgan fingerprint density at radius 1 is 1.25 bits per heavy atom. The van der Waals surface area contributed by atoms with Crippen molar-refractivity contribution in [2.75, 3.05) is 31.1 Å². The first-order valence-electron chi connectivity index (χ1n) is 10.2. The van der Waals surface area contributed by atoms with Crippen LogP contribution in [0.25, 0.3) is 0 Å². The number of aromatic nitrogens is 2. The summed E-state index contributed by atoms with van der Waals surface area (Å²) >= 11 is 0. The molecule has 28 heavy (non-hydrogen) atoms. The van der Waals surface area contributed by atoms with Crippen molar-refractivity contribution in [2.24, 2.45) is 5.92 Å².